The topological polar surface area (TPSA) is 59.8 Å². The molecule has 0 unspecified atom stereocenters. The number of hydrogen-bond donors (Lipinski definition) is 1. The lowest BCUT2D eigenvalue weighted by molar-refractivity contribution is -0.121. The molecule has 0 radical (unpaired) electrons. The van der Waals surface area contributed by atoms with E-state index in [-0.39, 0.29) is 5.91 Å². The van der Waals surface area contributed by atoms with Crippen LogP contribution >= 0.6 is 0 Å². The van der Waals surface area contributed by atoms with Crippen LogP contribution < -0.4 is 5.32 Å². The van der Waals surface area contributed by atoms with E-state index in [9.17, 15) is 4.79 Å². The lowest BCUT2D eigenvalue weighted by Gasteiger charge is -2.06. The SMILES string of the molecule is CC(C)CCNC(=O)CCCc1cn(C)nn1. The third-order valence-electron chi connectivity index (χ3n) is 2.53. The first kappa shape index (κ1) is 13.7. The molecule has 0 saturated carbocycles. The van der Waals surface area contributed by atoms with Crippen LogP contribution in [0.15, 0.2) is 6.20 Å². The molecule has 0 aliphatic heterocycles. The number of aromatic nitrogens is 3. The Kier molecular flexibility index (Phi) is 5.66. The summed E-state index contributed by atoms with van der Waals surface area (Å²) in [6.45, 7) is 5.09. The molecule has 1 aromatic rings. The Hall–Kier alpha value is -1.39. The molecule has 5 nitrogen and oxygen atoms in total. The summed E-state index contributed by atoms with van der Waals surface area (Å²) >= 11 is 0. The summed E-state index contributed by atoms with van der Waals surface area (Å²) in [5.74, 6) is 0.768. The number of hydrogen-bond acceptors (Lipinski definition) is 3. The van der Waals surface area contributed by atoms with Crippen LogP contribution in [0.1, 0.15) is 38.8 Å². The van der Waals surface area contributed by atoms with Crippen molar-refractivity contribution in [3.8, 4) is 0 Å². The number of amides is 1. The zero-order valence-corrected chi connectivity index (χ0v) is 10.9. The Morgan fingerprint density at radius 2 is 2.29 bits per heavy atom. The van der Waals surface area contributed by atoms with Gasteiger partial charge in [0.05, 0.1) is 5.69 Å². The molecule has 1 N–H and O–H groups in total. The van der Waals surface area contributed by atoms with Crippen LogP contribution in [-0.4, -0.2) is 27.4 Å². The molecule has 1 aromatic heterocycles. The summed E-state index contributed by atoms with van der Waals surface area (Å²) in [6, 6.07) is 0. The minimum atomic E-state index is 0.134. The van der Waals surface area contributed by atoms with Gasteiger partial charge in [-0.3, -0.25) is 9.48 Å². The number of rotatable bonds is 7. The number of carbonyl (C=O) groups excluding carboxylic acids is 1. The van der Waals surface area contributed by atoms with E-state index in [1.807, 2.05) is 13.2 Å². The van der Waals surface area contributed by atoms with Crippen molar-refractivity contribution in [2.24, 2.45) is 13.0 Å². The maximum atomic E-state index is 11.5. The van der Waals surface area contributed by atoms with Crippen LogP contribution in [0, 0.1) is 5.92 Å². The predicted octanol–water partition coefficient (Wildman–Crippen LogP) is 1.30. The molecule has 0 saturated heterocycles. The molecule has 1 heterocycles. The fraction of sp³-hybridized carbons (Fsp3) is 0.750. The number of nitrogens with one attached hydrogen (secondary N) is 1. The maximum Gasteiger partial charge on any atom is 0.220 e. The van der Waals surface area contributed by atoms with Gasteiger partial charge in [-0.25, -0.2) is 0 Å². The molecule has 1 rings (SSSR count). The van der Waals surface area contributed by atoms with Crippen LogP contribution in [0.4, 0.5) is 0 Å². The van der Waals surface area contributed by atoms with E-state index in [0.29, 0.717) is 12.3 Å². The van der Waals surface area contributed by atoms with Crippen molar-refractivity contribution in [3.63, 3.8) is 0 Å². The average Bonchev–Trinajstić information content (AvgIpc) is 2.63. The highest BCUT2D eigenvalue weighted by Crippen LogP contribution is 2.01. The summed E-state index contributed by atoms with van der Waals surface area (Å²) in [6.07, 6.45) is 5.12. The normalized spacial score (nSPS) is 10.8. The van der Waals surface area contributed by atoms with Crippen molar-refractivity contribution < 1.29 is 4.79 Å². The monoisotopic (exact) mass is 238 g/mol. The van der Waals surface area contributed by atoms with Crippen molar-refractivity contribution in [2.45, 2.75) is 39.5 Å². The van der Waals surface area contributed by atoms with Crippen molar-refractivity contribution in [1.29, 1.82) is 0 Å². The first-order valence-electron chi connectivity index (χ1n) is 6.20. The Morgan fingerprint density at radius 1 is 1.53 bits per heavy atom. The average molecular weight is 238 g/mol. The highest BCUT2D eigenvalue weighted by Gasteiger charge is 2.03. The first-order chi connectivity index (χ1) is 8.08. The fourth-order valence-electron chi connectivity index (χ4n) is 1.53. The van der Waals surface area contributed by atoms with Crippen molar-refractivity contribution in [1.82, 2.24) is 20.3 Å². The van der Waals surface area contributed by atoms with E-state index in [1.165, 1.54) is 0 Å². The zero-order chi connectivity index (χ0) is 12.7. The molecule has 0 bridgehead atoms. The van der Waals surface area contributed by atoms with Crippen molar-refractivity contribution >= 4 is 5.91 Å². The van der Waals surface area contributed by atoms with Crippen LogP contribution in [0.5, 0.6) is 0 Å². The van der Waals surface area contributed by atoms with Gasteiger partial charge in [0.2, 0.25) is 5.91 Å². The molecule has 0 aliphatic carbocycles. The van der Waals surface area contributed by atoms with E-state index < -0.39 is 0 Å². The second-order valence-corrected chi connectivity index (χ2v) is 4.77. The second kappa shape index (κ2) is 7.04. The Morgan fingerprint density at radius 3 is 2.88 bits per heavy atom. The predicted molar refractivity (Wildman–Crippen MR) is 66.4 cm³/mol. The summed E-state index contributed by atoms with van der Waals surface area (Å²) in [4.78, 5) is 11.5. The molecule has 0 aromatic carbocycles. The van der Waals surface area contributed by atoms with Crippen LogP contribution in [0.25, 0.3) is 0 Å². The van der Waals surface area contributed by atoms with Crippen LogP contribution in [0.3, 0.4) is 0 Å². The molecular formula is C12H22N4O. The first-order valence-corrected chi connectivity index (χ1v) is 6.20. The molecule has 0 spiro atoms. The highest BCUT2D eigenvalue weighted by molar-refractivity contribution is 5.75. The molecule has 0 atom stereocenters. The van der Waals surface area contributed by atoms with Gasteiger partial charge in [-0.2, -0.15) is 0 Å². The molecule has 5 heteroatoms. The van der Waals surface area contributed by atoms with Crippen molar-refractivity contribution in [2.75, 3.05) is 6.54 Å². The smallest absolute Gasteiger partial charge is 0.220 e. The number of aryl methyl sites for hydroxylation is 2. The fourth-order valence-corrected chi connectivity index (χ4v) is 1.53. The van der Waals surface area contributed by atoms with Crippen molar-refractivity contribution in [3.05, 3.63) is 11.9 Å². The summed E-state index contributed by atoms with van der Waals surface area (Å²) < 4.78 is 1.68. The number of nitrogens with zero attached hydrogens (tertiary/aromatic N) is 3. The molecular weight excluding hydrogens is 216 g/mol. The van der Waals surface area contributed by atoms with Gasteiger partial charge in [0, 0.05) is 26.2 Å². The largest absolute Gasteiger partial charge is 0.356 e. The van der Waals surface area contributed by atoms with Gasteiger partial charge < -0.3 is 5.32 Å². The lowest BCUT2D eigenvalue weighted by Crippen LogP contribution is -2.25. The summed E-state index contributed by atoms with van der Waals surface area (Å²) in [5, 5.41) is 10.8. The van der Waals surface area contributed by atoms with Gasteiger partial charge in [-0.15, -0.1) is 5.10 Å². The summed E-state index contributed by atoms with van der Waals surface area (Å²) in [5.41, 5.74) is 0.947. The van der Waals surface area contributed by atoms with E-state index in [1.54, 1.807) is 4.68 Å². The van der Waals surface area contributed by atoms with E-state index in [2.05, 4.69) is 29.5 Å². The third kappa shape index (κ3) is 6.04. The van der Waals surface area contributed by atoms with Gasteiger partial charge in [-0.05, 0) is 25.2 Å². The van der Waals surface area contributed by atoms with Gasteiger partial charge >= 0.3 is 0 Å². The van der Waals surface area contributed by atoms with Gasteiger partial charge in [0.1, 0.15) is 0 Å². The van der Waals surface area contributed by atoms with E-state index >= 15 is 0 Å². The molecule has 17 heavy (non-hydrogen) atoms. The highest BCUT2D eigenvalue weighted by atomic mass is 16.1. The van der Waals surface area contributed by atoms with Gasteiger partial charge in [0.15, 0.2) is 0 Å². The second-order valence-electron chi connectivity index (χ2n) is 4.77. The Labute approximate surface area is 103 Å². The zero-order valence-electron chi connectivity index (χ0n) is 10.9. The molecule has 1 amide bonds. The minimum Gasteiger partial charge on any atom is -0.356 e. The van der Waals surface area contributed by atoms with Gasteiger partial charge in [-0.1, -0.05) is 19.1 Å². The standard InChI is InChI=1S/C12H22N4O/c1-10(2)7-8-13-12(17)6-4-5-11-9-16(3)15-14-11/h9-10H,4-8H2,1-3H3,(H,13,17). The molecule has 0 aliphatic rings. The van der Waals surface area contributed by atoms with E-state index in [0.717, 1.165) is 31.5 Å². The quantitative estimate of drug-likeness (QED) is 0.779. The minimum absolute atomic E-state index is 0.134. The molecule has 96 valence electrons. The van der Waals surface area contributed by atoms with Crippen LogP contribution in [-0.2, 0) is 18.3 Å². The van der Waals surface area contributed by atoms with Gasteiger partial charge in [0.25, 0.3) is 0 Å². The van der Waals surface area contributed by atoms with E-state index in [4.69, 9.17) is 0 Å². The molecule has 0 fully saturated rings. The maximum absolute atomic E-state index is 11.5. The summed E-state index contributed by atoms with van der Waals surface area (Å²) in [7, 11) is 1.84. The Bertz CT molecular complexity index is 346. The Balaban J connectivity index is 2.08. The lowest BCUT2D eigenvalue weighted by atomic mass is 10.1. The van der Waals surface area contributed by atoms with Crippen LogP contribution in [0.2, 0.25) is 0 Å². The third-order valence-corrected chi connectivity index (χ3v) is 2.53. The number of carbonyl (C=O) groups is 1.